The van der Waals surface area contributed by atoms with E-state index in [1.54, 1.807) is 18.5 Å². The van der Waals surface area contributed by atoms with E-state index >= 15 is 0 Å². The van der Waals surface area contributed by atoms with Crippen LogP contribution in [0.4, 0.5) is 0 Å². The molecule has 0 unspecified atom stereocenters. The average molecular weight is 374 g/mol. The number of likely N-dealkylation sites (tertiary alicyclic amines) is 1. The molecule has 0 bridgehead atoms. The minimum absolute atomic E-state index is 0.101. The van der Waals surface area contributed by atoms with Gasteiger partial charge in [-0.2, -0.15) is 0 Å². The van der Waals surface area contributed by atoms with Gasteiger partial charge in [0.25, 0.3) is 5.91 Å². The van der Waals surface area contributed by atoms with Crippen molar-refractivity contribution in [2.75, 3.05) is 13.1 Å². The van der Waals surface area contributed by atoms with E-state index in [2.05, 4.69) is 9.97 Å². The van der Waals surface area contributed by atoms with Crippen LogP contribution in [0, 0.1) is 0 Å². The van der Waals surface area contributed by atoms with E-state index < -0.39 is 5.91 Å². The Morgan fingerprint density at radius 1 is 1.07 bits per heavy atom. The Hall–Kier alpha value is -3.41. The molecule has 2 amide bonds. The van der Waals surface area contributed by atoms with Crippen LogP contribution in [0.1, 0.15) is 35.2 Å². The Kier molecular flexibility index (Phi) is 4.93. The SMILES string of the molecule is NC(=O)C=Cc1c[nH]c2ncc(-c3ccc(C(=O)N4CCCCC4)cc3)cc12. The van der Waals surface area contributed by atoms with Gasteiger partial charge in [-0.1, -0.05) is 12.1 Å². The summed E-state index contributed by atoms with van der Waals surface area (Å²) in [4.78, 5) is 33.1. The van der Waals surface area contributed by atoms with Crippen LogP contribution in [0.3, 0.4) is 0 Å². The van der Waals surface area contributed by atoms with Gasteiger partial charge in [0.15, 0.2) is 0 Å². The van der Waals surface area contributed by atoms with Crippen LogP contribution in [-0.2, 0) is 4.79 Å². The molecule has 0 aliphatic carbocycles. The summed E-state index contributed by atoms with van der Waals surface area (Å²) in [7, 11) is 0. The van der Waals surface area contributed by atoms with Gasteiger partial charge in [0.1, 0.15) is 5.65 Å². The van der Waals surface area contributed by atoms with Crippen LogP contribution in [0.25, 0.3) is 28.2 Å². The van der Waals surface area contributed by atoms with Crippen molar-refractivity contribution in [3.05, 3.63) is 59.9 Å². The summed E-state index contributed by atoms with van der Waals surface area (Å²) in [6.45, 7) is 1.69. The first-order valence-electron chi connectivity index (χ1n) is 9.46. The van der Waals surface area contributed by atoms with Gasteiger partial charge in [-0.05, 0) is 49.1 Å². The Morgan fingerprint density at radius 3 is 2.54 bits per heavy atom. The van der Waals surface area contributed by atoms with Crippen molar-refractivity contribution >= 4 is 28.9 Å². The molecule has 1 aliphatic heterocycles. The molecule has 3 heterocycles. The zero-order valence-corrected chi connectivity index (χ0v) is 15.5. The molecule has 1 saturated heterocycles. The molecule has 3 N–H and O–H groups in total. The fourth-order valence-electron chi connectivity index (χ4n) is 3.58. The molecule has 1 aromatic carbocycles. The number of nitrogens with one attached hydrogen (secondary N) is 1. The highest BCUT2D eigenvalue weighted by Gasteiger charge is 2.18. The third-order valence-corrected chi connectivity index (χ3v) is 5.10. The van der Waals surface area contributed by atoms with E-state index in [0.717, 1.165) is 53.7 Å². The predicted octanol–water partition coefficient (Wildman–Crippen LogP) is 3.35. The maximum Gasteiger partial charge on any atom is 0.253 e. The smallest absolute Gasteiger partial charge is 0.253 e. The largest absolute Gasteiger partial charge is 0.366 e. The van der Waals surface area contributed by atoms with E-state index in [0.29, 0.717) is 5.56 Å². The fraction of sp³-hybridized carbons (Fsp3) is 0.227. The molecular weight excluding hydrogens is 352 g/mol. The number of H-pyrrole nitrogens is 1. The molecule has 0 radical (unpaired) electrons. The highest BCUT2D eigenvalue weighted by molar-refractivity contribution is 5.96. The van der Waals surface area contributed by atoms with Crippen LogP contribution in [0.5, 0.6) is 0 Å². The molecule has 3 aromatic rings. The lowest BCUT2D eigenvalue weighted by molar-refractivity contribution is -0.113. The van der Waals surface area contributed by atoms with Gasteiger partial charge in [-0.3, -0.25) is 9.59 Å². The quantitative estimate of drug-likeness (QED) is 0.686. The molecular formula is C22H22N4O2. The number of nitrogens with zero attached hydrogens (tertiary/aromatic N) is 2. The summed E-state index contributed by atoms with van der Waals surface area (Å²) < 4.78 is 0. The predicted molar refractivity (Wildman–Crippen MR) is 110 cm³/mol. The number of hydrogen-bond donors (Lipinski definition) is 2. The van der Waals surface area contributed by atoms with Crippen molar-refractivity contribution in [1.29, 1.82) is 0 Å². The molecule has 1 aliphatic rings. The average Bonchev–Trinajstić information content (AvgIpc) is 3.14. The zero-order chi connectivity index (χ0) is 19.5. The van der Waals surface area contributed by atoms with Gasteiger partial charge in [0.05, 0.1) is 0 Å². The van der Waals surface area contributed by atoms with Gasteiger partial charge in [0.2, 0.25) is 5.91 Å². The second-order valence-electron chi connectivity index (χ2n) is 7.03. The highest BCUT2D eigenvalue weighted by atomic mass is 16.2. The van der Waals surface area contributed by atoms with Crippen LogP contribution in [-0.4, -0.2) is 39.8 Å². The second-order valence-corrected chi connectivity index (χ2v) is 7.03. The van der Waals surface area contributed by atoms with E-state index in [-0.39, 0.29) is 5.91 Å². The summed E-state index contributed by atoms with van der Waals surface area (Å²) in [6, 6.07) is 9.67. The molecule has 28 heavy (non-hydrogen) atoms. The minimum Gasteiger partial charge on any atom is -0.366 e. The summed E-state index contributed by atoms with van der Waals surface area (Å²) in [5, 5.41) is 0.906. The Labute approximate surface area is 163 Å². The fourth-order valence-corrected chi connectivity index (χ4v) is 3.58. The molecule has 0 atom stereocenters. The molecule has 1 fully saturated rings. The number of aromatic amines is 1. The normalized spacial score (nSPS) is 14.6. The summed E-state index contributed by atoms with van der Waals surface area (Å²) in [6.07, 6.45) is 9.96. The van der Waals surface area contributed by atoms with Gasteiger partial charge in [-0.15, -0.1) is 0 Å². The Bertz CT molecular complexity index is 1040. The number of amides is 2. The number of nitrogens with two attached hydrogens (primary N) is 1. The molecule has 0 spiro atoms. The molecule has 6 heteroatoms. The number of hydrogen-bond acceptors (Lipinski definition) is 3. The monoisotopic (exact) mass is 374 g/mol. The van der Waals surface area contributed by atoms with E-state index in [9.17, 15) is 9.59 Å². The van der Waals surface area contributed by atoms with Crippen molar-refractivity contribution in [3.8, 4) is 11.1 Å². The first-order valence-corrected chi connectivity index (χ1v) is 9.46. The van der Waals surface area contributed by atoms with Gasteiger partial charge in [-0.25, -0.2) is 4.98 Å². The van der Waals surface area contributed by atoms with Crippen molar-refractivity contribution in [3.63, 3.8) is 0 Å². The van der Waals surface area contributed by atoms with Crippen molar-refractivity contribution in [2.24, 2.45) is 5.73 Å². The third-order valence-electron chi connectivity index (χ3n) is 5.10. The molecule has 4 rings (SSSR count). The number of carbonyl (C=O) groups is 2. The topological polar surface area (TPSA) is 92.1 Å². The third kappa shape index (κ3) is 3.67. The zero-order valence-electron chi connectivity index (χ0n) is 15.5. The van der Waals surface area contributed by atoms with Crippen LogP contribution < -0.4 is 5.73 Å². The lowest BCUT2D eigenvalue weighted by Crippen LogP contribution is -2.35. The maximum atomic E-state index is 12.6. The number of primary amides is 1. The van der Waals surface area contributed by atoms with Crippen molar-refractivity contribution < 1.29 is 9.59 Å². The number of carbonyl (C=O) groups excluding carboxylic acids is 2. The summed E-state index contributed by atoms with van der Waals surface area (Å²) in [5.41, 5.74) is 9.41. The molecule has 0 saturated carbocycles. The second kappa shape index (κ2) is 7.68. The number of piperidine rings is 1. The summed E-state index contributed by atoms with van der Waals surface area (Å²) in [5.74, 6) is -0.392. The molecule has 6 nitrogen and oxygen atoms in total. The number of aromatic nitrogens is 2. The van der Waals surface area contributed by atoms with Crippen molar-refractivity contribution in [2.45, 2.75) is 19.3 Å². The van der Waals surface area contributed by atoms with Gasteiger partial charge in [0, 0.05) is 53.6 Å². The standard InChI is InChI=1S/C22H22N4O2/c23-20(27)9-8-17-13-24-21-19(17)12-18(14-25-21)15-4-6-16(7-5-15)22(28)26-10-2-1-3-11-26/h4-9,12-14H,1-3,10-11H2,(H2,23,27)(H,24,25). The van der Waals surface area contributed by atoms with Crippen LogP contribution in [0.2, 0.25) is 0 Å². The first kappa shape index (κ1) is 18.0. The van der Waals surface area contributed by atoms with Gasteiger partial charge >= 0.3 is 0 Å². The molecule has 2 aromatic heterocycles. The number of benzene rings is 1. The van der Waals surface area contributed by atoms with Gasteiger partial charge < -0.3 is 15.6 Å². The lowest BCUT2D eigenvalue weighted by atomic mass is 10.0. The number of rotatable bonds is 4. The van der Waals surface area contributed by atoms with E-state index in [4.69, 9.17) is 5.73 Å². The summed E-state index contributed by atoms with van der Waals surface area (Å²) >= 11 is 0. The Balaban J connectivity index is 1.60. The first-order chi connectivity index (χ1) is 13.6. The van der Waals surface area contributed by atoms with E-state index in [1.165, 1.54) is 12.5 Å². The van der Waals surface area contributed by atoms with E-state index in [1.807, 2.05) is 35.2 Å². The van der Waals surface area contributed by atoms with Crippen LogP contribution >= 0.6 is 0 Å². The number of pyridine rings is 1. The highest BCUT2D eigenvalue weighted by Crippen LogP contribution is 2.26. The minimum atomic E-state index is -0.493. The van der Waals surface area contributed by atoms with Crippen LogP contribution in [0.15, 0.2) is 48.8 Å². The lowest BCUT2D eigenvalue weighted by Gasteiger charge is -2.26. The number of fused-ring (bicyclic) bond motifs is 1. The van der Waals surface area contributed by atoms with Crippen molar-refractivity contribution in [1.82, 2.24) is 14.9 Å². The molecule has 142 valence electrons. The Morgan fingerprint density at radius 2 is 1.82 bits per heavy atom. The maximum absolute atomic E-state index is 12.6.